The number of hydrogen-bond donors (Lipinski definition) is 1. The molecule has 0 aromatic carbocycles. The Hall–Kier alpha value is -0.870. The molecule has 112 valence electrons. The van der Waals surface area contributed by atoms with Crippen molar-refractivity contribution in [3.63, 3.8) is 0 Å². The first kappa shape index (κ1) is 15.5. The second-order valence-electron chi connectivity index (χ2n) is 6.15. The molecule has 0 amide bonds. The van der Waals surface area contributed by atoms with Crippen LogP contribution in [-0.2, 0) is 11.3 Å². The predicted molar refractivity (Wildman–Crippen MR) is 83.0 cm³/mol. The summed E-state index contributed by atoms with van der Waals surface area (Å²) in [4.78, 5) is 15.4. The fraction of sp³-hybridized carbons (Fsp3) is 0.688. The molecule has 1 heterocycles. The van der Waals surface area contributed by atoms with Crippen LogP contribution in [0.5, 0.6) is 0 Å². The highest BCUT2D eigenvalue weighted by Gasteiger charge is 2.42. The van der Waals surface area contributed by atoms with E-state index in [0.29, 0.717) is 12.5 Å². The summed E-state index contributed by atoms with van der Waals surface area (Å²) in [6.45, 7) is 6.81. The van der Waals surface area contributed by atoms with Gasteiger partial charge in [-0.15, -0.1) is 11.3 Å². The van der Waals surface area contributed by atoms with Crippen LogP contribution in [0.4, 0.5) is 0 Å². The quantitative estimate of drug-likeness (QED) is 0.866. The third kappa shape index (κ3) is 3.61. The van der Waals surface area contributed by atoms with E-state index >= 15 is 0 Å². The highest BCUT2D eigenvalue weighted by Crippen LogP contribution is 2.40. The largest absolute Gasteiger partial charge is 0.481 e. The van der Waals surface area contributed by atoms with Gasteiger partial charge in [0, 0.05) is 18.0 Å². The lowest BCUT2D eigenvalue weighted by Gasteiger charge is -2.39. The van der Waals surface area contributed by atoms with E-state index in [1.54, 1.807) is 11.3 Å². The van der Waals surface area contributed by atoms with Gasteiger partial charge in [-0.25, -0.2) is 0 Å². The van der Waals surface area contributed by atoms with E-state index in [2.05, 4.69) is 36.3 Å². The van der Waals surface area contributed by atoms with Crippen LogP contribution < -0.4 is 0 Å². The van der Waals surface area contributed by atoms with Crippen molar-refractivity contribution in [2.24, 2.45) is 11.3 Å². The molecule has 3 nitrogen and oxygen atoms in total. The molecule has 1 saturated carbocycles. The van der Waals surface area contributed by atoms with Gasteiger partial charge in [0.05, 0.1) is 5.41 Å². The van der Waals surface area contributed by atoms with Gasteiger partial charge in [0.25, 0.3) is 0 Å². The van der Waals surface area contributed by atoms with Gasteiger partial charge in [0.2, 0.25) is 0 Å². The van der Waals surface area contributed by atoms with E-state index in [1.165, 1.54) is 4.88 Å². The van der Waals surface area contributed by atoms with Crippen LogP contribution in [0.25, 0.3) is 0 Å². The normalized spacial score (nSPS) is 26.9. The fourth-order valence-electron chi connectivity index (χ4n) is 3.08. The molecule has 0 saturated heterocycles. The van der Waals surface area contributed by atoms with Crippen molar-refractivity contribution in [2.45, 2.75) is 46.1 Å². The highest BCUT2D eigenvalue weighted by molar-refractivity contribution is 7.09. The summed E-state index contributed by atoms with van der Waals surface area (Å²) in [6, 6.07) is 4.19. The van der Waals surface area contributed by atoms with Crippen molar-refractivity contribution >= 4 is 17.3 Å². The molecule has 1 aromatic heterocycles. The Balaban J connectivity index is 2.04. The van der Waals surface area contributed by atoms with Crippen LogP contribution in [0.2, 0.25) is 0 Å². The molecule has 0 spiro atoms. The SMILES string of the molecule is CCN(Cc1cccs1)CC1(C(=O)O)CCC(C)CC1. The van der Waals surface area contributed by atoms with Crippen LogP contribution >= 0.6 is 11.3 Å². The van der Waals surface area contributed by atoms with Crippen LogP contribution in [0.3, 0.4) is 0 Å². The average molecular weight is 295 g/mol. The number of rotatable bonds is 6. The van der Waals surface area contributed by atoms with E-state index in [0.717, 1.165) is 38.8 Å². The molecule has 0 atom stereocenters. The minimum absolute atomic E-state index is 0.528. The molecule has 1 fully saturated rings. The lowest BCUT2D eigenvalue weighted by molar-refractivity contribution is -0.153. The Kier molecular flexibility index (Phi) is 5.22. The van der Waals surface area contributed by atoms with Crippen molar-refractivity contribution < 1.29 is 9.90 Å². The maximum absolute atomic E-state index is 11.8. The first-order valence-electron chi connectivity index (χ1n) is 7.54. The second kappa shape index (κ2) is 6.72. The van der Waals surface area contributed by atoms with Crippen molar-refractivity contribution in [1.29, 1.82) is 0 Å². The predicted octanol–water partition coefficient (Wildman–Crippen LogP) is 3.85. The van der Waals surface area contributed by atoms with Crippen molar-refractivity contribution in [3.8, 4) is 0 Å². The smallest absolute Gasteiger partial charge is 0.310 e. The lowest BCUT2D eigenvalue weighted by atomic mass is 9.70. The van der Waals surface area contributed by atoms with Crippen LogP contribution in [0, 0.1) is 11.3 Å². The summed E-state index contributed by atoms with van der Waals surface area (Å²) in [5.74, 6) is 0.0730. The zero-order chi connectivity index (χ0) is 14.6. The van der Waals surface area contributed by atoms with Crippen LogP contribution in [-0.4, -0.2) is 29.1 Å². The van der Waals surface area contributed by atoms with E-state index in [4.69, 9.17) is 0 Å². The Morgan fingerprint density at radius 3 is 2.70 bits per heavy atom. The third-order valence-corrected chi connectivity index (χ3v) is 5.48. The zero-order valence-corrected chi connectivity index (χ0v) is 13.3. The van der Waals surface area contributed by atoms with Gasteiger partial charge in [-0.05, 0) is 49.6 Å². The molecule has 0 bridgehead atoms. The van der Waals surface area contributed by atoms with Crippen molar-refractivity contribution in [3.05, 3.63) is 22.4 Å². The monoisotopic (exact) mass is 295 g/mol. The number of hydrogen-bond acceptors (Lipinski definition) is 3. The average Bonchev–Trinajstić information content (AvgIpc) is 2.93. The van der Waals surface area contributed by atoms with Gasteiger partial charge in [-0.1, -0.05) is 19.9 Å². The fourth-order valence-corrected chi connectivity index (χ4v) is 3.83. The number of aliphatic carboxylic acids is 1. The molecule has 0 radical (unpaired) electrons. The van der Waals surface area contributed by atoms with Gasteiger partial charge in [0.1, 0.15) is 0 Å². The van der Waals surface area contributed by atoms with Gasteiger partial charge >= 0.3 is 5.97 Å². The molecule has 1 aliphatic carbocycles. The topological polar surface area (TPSA) is 40.5 Å². The lowest BCUT2D eigenvalue weighted by Crippen LogP contribution is -2.45. The van der Waals surface area contributed by atoms with E-state index in [9.17, 15) is 9.90 Å². The second-order valence-corrected chi connectivity index (χ2v) is 7.18. The number of carboxylic acid groups (broad SMARTS) is 1. The summed E-state index contributed by atoms with van der Waals surface area (Å²) in [6.07, 6.45) is 3.74. The van der Waals surface area contributed by atoms with Crippen molar-refractivity contribution in [2.75, 3.05) is 13.1 Å². The van der Waals surface area contributed by atoms with E-state index < -0.39 is 11.4 Å². The first-order valence-corrected chi connectivity index (χ1v) is 8.42. The Morgan fingerprint density at radius 2 is 2.20 bits per heavy atom. The summed E-state index contributed by atoms with van der Waals surface area (Å²) < 4.78 is 0. The molecule has 4 heteroatoms. The van der Waals surface area contributed by atoms with Crippen molar-refractivity contribution in [1.82, 2.24) is 4.90 Å². The Labute approximate surface area is 125 Å². The van der Waals surface area contributed by atoms with Crippen LogP contribution in [0.15, 0.2) is 17.5 Å². The third-order valence-electron chi connectivity index (χ3n) is 4.62. The maximum atomic E-state index is 11.8. The van der Waals surface area contributed by atoms with Gasteiger partial charge < -0.3 is 5.11 Å². The van der Waals surface area contributed by atoms with Crippen LogP contribution in [0.1, 0.15) is 44.4 Å². The Bertz CT molecular complexity index is 422. The number of nitrogens with zero attached hydrogens (tertiary/aromatic N) is 1. The minimum Gasteiger partial charge on any atom is -0.481 e. The summed E-state index contributed by atoms with van der Waals surface area (Å²) in [5, 5.41) is 11.8. The minimum atomic E-state index is -0.603. The number of carbonyl (C=O) groups is 1. The van der Waals surface area contributed by atoms with Gasteiger partial charge in [0.15, 0.2) is 0 Å². The molecule has 0 unspecified atom stereocenters. The molecule has 20 heavy (non-hydrogen) atoms. The summed E-state index contributed by atoms with van der Waals surface area (Å²) in [7, 11) is 0. The molecule has 1 N–H and O–H groups in total. The standard InChI is InChI=1S/C16H25NO2S/c1-3-17(11-14-5-4-10-20-14)12-16(15(18)19)8-6-13(2)7-9-16/h4-5,10,13H,3,6-9,11-12H2,1-2H3,(H,18,19). The molecule has 0 aliphatic heterocycles. The van der Waals surface area contributed by atoms with E-state index in [-0.39, 0.29) is 0 Å². The molecular formula is C16H25NO2S. The first-order chi connectivity index (χ1) is 9.55. The van der Waals surface area contributed by atoms with Gasteiger partial charge in [-0.3, -0.25) is 9.69 Å². The number of thiophene rings is 1. The molecule has 1 aromatic rings. The highest BCUT2D eigenvalue weighted by atomic mass is 32.1. The zero-order valence-electron chi connectivity index (χ0n) is 12.5. The maximum Gasteiger partial charge on any atom is 0.310 e. The molecule has 1 aliphatic rings. The summed E-state index contributed by atoms with van der Waals surface area (Å²) in [5.41, 5.74) is -0.528. The van der Waals surface area contributed by atoms with Gasteiger partial charge in [-0.2, -0.15) is 0 Å². The summed E-state index contributed by atoms with van der Waals surface area (Å²) >= 11 is 1.75. The van der Waals surface area contributed by atoms with E-state index in [1.807, 2.05) is 0 Å². The Morgan fingerprint density at radius 1 is 1.50 bits per heavy atom. The number of carboxylic acids is 1. The molecular weight excluding hydrogens is 270 g/mol. The molecule has 2 rings (SSSR count).